The number of nitrogens with one attached hydrogen (secondary N) is 1. The Balaban J connectivity index is 0.00000200. The number of carbonyl (C=O) groups excluding carboxylic acids is 2. The molecular formula is C14H20ClN3O2. The molecule has 2 rings (SSSR count). The number of benzene rings is 1. The number of amides is 2. The number of piperidine rings is 1. The lowest BCUT2D eigenvalue weighted by Gasteiger charge is -2.30. The van der Waals surface area contributed by atoms with E-state index in [1.807, 2.05) is 12.1 Å². The largest absolute Gasteiger partial charge is 0.348 e. The topological polar surface area (TPSA) is 75.4 Å². The molecule has 0 saturated carbocycles. The summed E-state index contributed by atoms with van der Waals surface area (Å²) < 4.78 is 0. The molecule has 1 aliphatic heterocycles. The minimum absolute atomic E-state index is 0. The standard InChI is InChI=1S/C14H19N3O2.ClH/c1-17-9-12(6-7-13(17)18)16-14(19)11-4-2-10(8-15)3-5-11;/h2-5,12H,6-9,15H2,1H3,(H,16,19);1H. The smallest absolute Gasteiger partial charge is 0.251 e. The highest BCUT2D eigenvalue weighted by molar-refractivity contribution is 5.94. The summed E-state index contributed by atoms with van der Waals surface area (Å²) in [5.41, 5.74) is 7.14. The summed E-state index contributed by atoms with van der Waals surface area (Å²) in [7, 11) is 1.76. The number of carbonyl (C=O) groups is 2. The fraction of sp³-hybridized carbons (Fsp3) is 0.429. The zero-order chi connectivity index (χ0) is 13.8. The normalized spacial score (nSPS) is 18.4. The minimum atomic E-state index is -0.101. The van der Waals surface area contributed by atoms with Gasteiger partial charge in [0.1, 0.15) is 0 Å². The summed E-state index contributed by atoms with van der Waals surface area (Å²) in [6.07, 6.45) is 1.20. The Kier molecular flexibility index (Phi) is 5.98. The highest BCUT2D eigenvalue weighted by Crippen LogP contribution is 2.11. The quantitative estimate of drug-likeness (QED) is 0.871. The molecule has 1 fully saturated rings. The molecule has 1 heterocycles. The highest BCUT2D eigenvalue weighted by Gasteiger charge is 2.24. The van der Waals surface area contributed by atoms with Crippen molar-refractivity contribution in [3.8, 4) is 0 Å². The van der Waals surface area contributed by atoms with E-state index in [4.69, 9.17) is 5.73 Å². The molecule has 1 unspecified atom stereocenters. The predicted octanol–water partition coefficient (Wildman–Crippen LogP) is 0.918. The predicted molar refractivity (Wildman–Crippen MR) is 79.7 cm³/mol. The summed E-state index contributed by atoms with van der Waals surface area (Å²) in [5, 5.41) is 2.96. The van der Waals surface area contributed by atoms with E-state index in [0.29, 0.717) is 31.5 Å². The maximum absolute atomic E-state index is 12.1. The van der Waals surface area contributed by atoms with Gasteiger partial charge in [0.2, 0.25) is 5.91 Å². The first kappa shape index (κ1) is 16.5. The van der Waals surface area contributed by atoms with Crippen molar-refractivity contribution in [3.05, 3.63) is 35.4 Å². The molecule has 0 spiro atoms. The Labute approximate surface area is 124 Å². The van der Waals surface area contributed by atoms with Gasteiger partial charge < -0.3 is 16.0 Å². The van der Waals surface area contributed by atoms with Crippen LogP contribution in [0.4, 0.5) is 0 Å². The second-order valence-electron chi connectivity index (χ2n) is 4.88. The molecule has 0 aromatic heterocycles. The summed E-state index contributed by atoms with van der Waals surface area (Å²) in [5.74, 6) is 0.0362. The third-order valence-corrected chi connectivity index (χ3v) is 3.41. The van der Waals surface area contributed by atoms with Crippen molar-refractivity contribution in [3.63, 3.8) is 0 Å². The van der Waals surface area contributed by atoms with Crippen LogP contribution in [0, 0.1) is 0 Å². The van der Waals surface area contributed by atoms with Gasteiger partial charge in [-0.3, -0.25) is 9.59 Å². The van der Waals surface area contributed by atoms with Gasteiger partial charge in [-0.15, -0.1) is 12.4 Å². The molecule has 0 radical (unpaired) electrons. The molecule has 5 nitrogen and oxygen atoms in total. The molecule has 110 valence electrons. The Morgan fingerprint density at radius 3 is 2.60 bits per heavy atom. The summed E-state index contributed by atoms with van der Waals surface area (Å²) in [6.45, 7) is 1.04. The Bertz CT molecular complexity index is 476. The van der Waals surface area contributed by atoms with E-state index < -0.39 is 0 Å². The van der Waals surface area contributed by atoms with Crippen molar-refractivity contribution >= 4 is 24.2 Å². The van der Waals surface area contributed by atoms with E-state index >= 15 is 0 Å². The molecule has 1 aliphatic rings. The molecule has 0 aliphatic carbocycles. The third-order valence-electron chi connectivity index (χ3n) is 3.41. The second kappa shape index (κ2) is 7.26. The molecule has 0 bridgehead atoms. The summed E-state index contributed by atoms with van der Waals surface area (Å²) >= 11 is 0. The van der Waals surface area contributed by atoms with Crippen LogP contribution >= 0.6 is 12.4 Å². The van der Waals surface area contributed by atoms with Crippen molar-refractivity contribution < 1.29 is 9.59 Å². The maximum Gasteiger partial charge on any atom is 0.251 e. The van der Waals surface area contributed by atoms with Gasteiger partial charge in [0.15, 0.2) is 0 Å². The van der Waals surface area contributed by atoms with Crippen molar-refractivity contribution in [1.29, 1.82) is 0 Å². The van der Waals surface area contributed by atoms with Crippen molar-refractivity contribution in [2.75, 3.05) is 13.6 Å². The van der Waals surface area contributed by atoms with Gasteiger partial charge in [-0.2, -0.15) is 0 Å². The third kappa shape index (κ3) is 3.95. The van der Waals surface area contributed by atoms with E-state index in [0.717, 1.165) is 5.56 Å². The zero-order valence-electron chi connectivity index (χ0n) is 11.5. The molecule has 20 heavy (non-hydrogen) atoms. The van der Waals surface area contributed by atoms with Crippen LogP contribution in [-0.2, 0) is 11.3 Å². The molecule has 6 heteroatoms. The van der Waals surface area contributed by atoms with Crippen LogP contribution in [0.1, 0.15) is 28.8 Å². The molecule has 3 N–H and O–H groups in total. The van der Waals surface area contributed by atoms with Gasteiger partial charge in [0.05, 0.1) is 0 Å². The monoisotopic (exact) mass is 297 g/mol. The van der Waals surface area contributed by atoms with E-state index in [1.54, 1.807) is 24.1 Å². The summed E-state index contributed by atoms with van der Waals surface area (Å²) in [6, 6.07) is 7.28. The summed E-state index contributed by atoms with van der Waals surface area (Å²) in [4.78, 5) is 25.1. The first-order valence-corrected chi connectivity index (χ1v) is 6.44. The average Bonchev–Trinajstić information content (AvgIpc) is 2.43. The van der Waals surface area contributed by atoms with Crippen LogP contribution in [-0.4, -0.2) is 36.3 Å². The van der Waals surface area contributed by atoms with Gasteiger partial charge in [0, 0.05) is 38.2 Å². The van der Waals surface area contributed by atoms with E-state index in [9.17, 15) is 9.59 Å². The Morgan fingerprint density at radius 1 is 1.40 bits per heavy atom. The fourth-order valence-electron chi connectivity index (χ4n) is 2.19. The fourth-order valence-corrected chi connectivity index (χ4v) is 2.19. The molecule has 1 aromatic carbocycles. The lowest BCUT2D eigenvalue weighted by molar-refractivity contribution is -0.132. The van der Waals surface area contributed by atoms with Crippen LogP contribution < -0.4 is 11.1 Å². The molecule has 2 amide bonds. The molecule has 1 aromatic rings. The van der Waals surface area contributed by atoms with Crippen LogP contribution in [0.25, 0.3) is 0 Å². The molecule has 1 saturated heterocycles. The van der Waals surface area contributed by atoms with E-state index in [2.05, 4.69) is 5.32 Å². The van der Waals surface area contributed by atoms with Crippen molar-refractivity contribution in [2.45, 2.75) is 25.4 Å². The minimum Gasteiger partial charge on any atom is -0.348 e. The number of hydrogen-bond donors (Lipinski definition) is 2. The first-order chi connectivity index (χ1) is 9.10. The Hall–Kier alpha value is -1.59. The van der Waals surface area contributed by atoms with E-state index in [-0.39, 0.29) is 30.3 Å². The van der Waals surface area contributed by atoms with E-state index in [1.165, 1.54) is 0 Å². The molecule has 1 atom stereocenters. The maximum atomic E-state index is 12.1. The van der Waals surface area contributed by atoms with Gasteiger partial charge in [-0.05, 0) is 24.1 Å². The van der Waals surface area contributed by atoms with Gasteiger partial charge in [-0.25, -0.2) is 0 Å². The number of likely N-dealkylation sites (N-methyl/N-ethyl adjacent to an activating group) is 1. The lowest BCUT2D eigenvalue weighted by Crippen LogP contribution is -2.48. The zero-order valence-corrected chi connectivity index (χ0v) is 12.3. The average molecular weight is 298 g/mol. The number of likely N-dealkylation sites (tertiary alicyclic amines) is 1. The lowest BCUT2D eigenvalue weighted by atomic mass is 10.0. The Morgan fingerprint density at radius 2 is 2.05 bits per heavy atom. The van der Waals surface area contributed by atoms with Crippen molar-refractivity contribution in [2.24, 2.45) is 5.73 Å². The number of nitrogens with zero attached hydrogens (tertiary/aromatic N) is 1. The number of hydrogen-bond acceptors (Lipinski definition) is 3. The van der Waals surface area contributed by atoms with Crippen LogP contribution in [0.3, 0.4) is 0 Å². The van der Waals surface area contributed by atoms with Crippen LogP contribution in [0.5, 0.6) is 0 Å². The number of rotatable bonds is 3. The number of halogens is 1. The highest BCUT2D eigenvalue weighted by atomic mass is 35.5. The van der Waals surface area contributed by atoms with Crippen LogP contribution in [0.2, 0.25) is 0 Å². The second-order valence-corrected chi connectivity index (χ2v) is 4.88. The molecular weight excluding hydrogens is 278 g/mol. The van der Waals surface area contributed by atoms with Crippen LogP contribution in [0.15, 0.2) is 24.3 Å². The van der Waals surface area contributed by atoms with Crippen molar-refractivity contribution in [1.82, 2.24) is 10.2 Å². The first-order valence-electron chi connectivity index (χ1n) is 6.44. The SMILES string of the molecule is CN1CC(NC(=O)c2ccc(CN)cc2)CCC1=O.Cl. The number of nitrogens with two attached hydrogens (primary N) is 1. The van der Waals surface area contributed by atoms with Gasteiger partial charge >= 0.3 is 0 Å². The van der Waals surface area contributed by atoms with Gasteiger partial charge in [-0.1, -0.05) is 12.1 Å². The van der Waals surface area contributed by atoms with Gasteiger partial charge in [0.25, 0.3) is 5.91 Å².